The van der Waals surface area contributed by atoms with Crippen molar-refractivity contribution in [3.63, 3.8) is 0 Å². The molecule has 1 atom stereocenters. The van der Waals surface area contributed by atoms with Crippen molar-refractivity contribution in [3.05, 3.63) is 29.3 Å². The maximum atomic E-state index is 10.7. The molecule has 16 heavy (non-hydrogen) atoms. The van der Waals surface area contributed by atoms with Crippen LogP contribution in [-0.2, 0) is 11.2 Å². The lowest BCUT2D eigenvalue weighted by Gasteiger charge is -2.13. The Morgan fingerprint density at radius 2 is 2.31 bits per heavy atom. The Hall–Kier alpha value is -1.23. The Morgan fingerprint density at radius 1 is 1.62 bits per heavy atom. The van der Waals surface area contributed by atoms with Crippen molar-refractivity contribution in [1.29, 1.82) is 0 Å². The lowest BCUT2D eigenvalue weighted by molar-refractivity contribution is -0.109. The molecule has 0 fully saturated rings. The molecule has 0 bridgehead atoms. The molecule has 82 valence electrons. The number of hydrogen-bond donors (Lipinski definition) is 2. The highest BCUT2D eigenvalue weighted by atomic mass is 32.1. The van der Waals surface area contributed by atoms with Crippen LogP contribution in [0.4, 0.5) is 4.79 Å². The summed E-state index contributed by atoms with van der Waals surface area (Å²) in [6.45, 7) is 1.96. The molecule has 0 saturated carbocycles. The Bertz CT molecular complexity index is 409. The van der Waals surface area contributed by atoms with Crippen LogP contribution in [0.3, 0.4) is 0 Å². The fraction of sp³-hybridized carbons (Fsp3) is 0.273. The second-order valence-corrected chi connectivity index (χ2v) is 4.07. The molecule has 1 amide bonds. The number of thiol groups is 1. The first-order chi connectivity index (χ1) is 7.52. The van der Waals surface area contributed by atoms with Crippen molar-refractivity contribution >= 4 is 32.6 Å². The molecule has 0 aliphatic carbocycles. The van der Waals surface area contributed by atoms with Crippen LogP contribution in [0.2, 0.25) is 0 Å². The van der Waals surface area contributed by atoms with Gasteiger partial charge in [-0.05, 0) is 18.6 Å². The summed E-state index contributed by atoms with van der Waals surface area (Å²) in [6, 6.07) is 5.12. The molecule has 0 aliphatic heterocycles. The molecule has 5 heteroatoms. The molecule has 2 radical (unpaired) electrons. The number of rotatable bonds is 4. The van der Waals surface area contributed by atoms with Gasteiger partial charge in [0.15, 0.2) is 5.81 Å². The lowest BCUT2D eigenvalue weighted by atomic mass is 10.0. The first kappa shape index (κ1) is 12.8. The van der Waals surface area contributed by atoms with Crippen molar-refractivity contribution < 1.29 is 9.59 Å². The molecule has 3 nitrogen and oxygen atoms in total. The van der Waals surface area contributed by atoms with Gasteiger partial charge in [-0.15, -0.1) is 12.6 Å². The highest BCUT2D eigenvalue weighted by Crippen LogP contribution is 2.17. The van der Waals surface area contributed by atoms with E-state index in [0.29, 0.717) is 12.7 Å². The zero-order valence-corrected chi connectivity index (χ0v) is 9.83. The molecule has 0 aliphatic rings. The summed E-state index contributed by atoms with van der Waals surface area (Å²) in [4.78, 5) is 22.2. The van der Waals surface area contributed by atoms with Gasteiger partial charge in [0.2, 0.25) is 7.85 Å². The van der Waals surface area contributed by atoms with Gasteiger partial charge in [-0.3, -0.25) is 4.79 Å². The Labute approximate surface area is 101 Å². The average Bonchev–Trinajstić information content (AvgIpc) is 2.20. The van der Waals surface area contributed by atoms with E-state index in [1.54, 1.807) is 0 Å². The number of carbonyl (C=O) groups excluding carboxylic acids is 2. The molecule has 0 heterocycles. The maximum Gasteiger partial charge on any atom is 0.200 e. The minimum Gasteiger partial charge on any atom is -0.356 e. The number of benzene rings is 1. The molecule has 0 aromatic heterocycles. The number of hydrogen-bond acceptors (Lipinski definition) is 3. The molecule has 1 aromatic carbocycles. The van der Waals surface area contributed by atoms with Crippen LogP contribution in [0.15, 0.2) is 23.1 Å². The molecule has 1 rings (SSSR count). The van der Waals surface area contributed by atoms with Crippen molar-refractivity contribution in [2.75, 3.05) is 0 Å². The maximum absolute atomic E-state index is 10.7. The number of aldehydes is 1. The van der Waals surface area contributed by atoms with E-state index in [2.05, 4.69) is 17.9 Å². The molecule has 1 N–H and O–H groups in total. The van der Waals surface area contributed by atoms with Crippen LogP contribution in [0.25, 0.3) is 0 Å². The summed E-state index contributed by atoms with van der Waals surface area (Å²) in [5, 5.41) is 2.36. The van der Waals surface area contributed by atoms with Crippen LogP contribution in [0.1, 0.15) is 11.1 Å². The summed E-state index contributed by atoms with van der Waals surface area (Å²) in [6.07, 6.45) is 1.06. The highest BCUT2D eigenvalue weighted by Gasteiger charge is 2.10. The van der Waals surface area contributed by atoms with E-state index >= 15 is 0 Å². The summed E-state index contributed by atoms with van der Waals surface area (Å²) in [7, 11) is 4.96. The van der Waals surface area contributed by atoms with Crippen LogP contribution >= 0.6 is 12.6 Å². The van der Waals surface area contributed by atoms with E-state index in [4.69, 9.17) is 7.85 Å². The number of nitrogens with one attached hydrogen (secondary N) is 1. The average molecular weight is 233 g/mol. The van der Waals surface area contributed by atoms with Crippen LogP contribution < -0.4 is 5.32 Å². The molecule has 0 saturated heterocycles. The first-order valence-electron chi connectivity index (χ1n) is 4.82. The molecule has 1 aromatic rings. The lowest BCUT2D eigenvalue weighted by Crippen LogP contribution is -2.36. The SMILES string of the molecule is [B]C(=O)NC(C=O)Cc1ccc(C)cc1S. The second kappa shape index (κ2) is 5.75. The summed E-state index contributed by atoms with van der Waals surface area (Å²) >= 11 is 4.31. The fourth-order valence-electron chi connectivity index (χ4n) is 1.40. The number of amides is 1. The fourth-order valence-corrected chi connectivity index (χ4v) is 1.77. The van der Waals surface area contributed by atoms with E-state index in [9.17, 15) is 9.59 Å². The standard InChI is InChI=1S/C11H12BNO2S/c1-7-2-3-8(10(16)4-7)5-9(6-14)13-11(12)15/h2-4,6,9,16H,5H2,1H3,(H,13,15). The van der Waals surface area contributed by atoms with E-state index in [1.165, 1.54) is 0 Å². The third-order valence-electron chi connectivity index (χ3n) is 2.17. The van der Waals surface area contributed by atoms with Gasteiger partial charge in [0.05, 0.1) is 6.04 Å². The quantitative estimate of drug-likeness (QED) is 0.467. The van der Waals surface area contributed by atoms with Crippen molar-refractivity contribution in [2.45, 2.75) is 24.3 Å². The van der Waals surface area contributed by atoms with Crippen LogP contribution in [-0.4, -0.2) is 26.0 Å². The van der Waals surface area contributed by atoms with E-state index < -0.39 is 11.8 Å². The third kappa shape index (κ3) is 3.74. The van der Waals surface area contributed by atoms with Crippen LogP contribution in [0.5, 0.6) is 0 Å². The predicted molar refractivity (Wildman–Crippen MR) is 66.3 cm³/mol. The Balaban J connectivity index is 2.77. The minimum atomic E-state index is -0.704. The van der Waals surface area contributed by atoms with Gasteiger partial charge in [0.1, 0.15) is 6.29 Å². The van der Waals surface area contributed by atoms with Gasteiger partial charge in [-0.25, -0.2) is 0 Å². The third-order valence-corrected chi connectivity index (χ3v) is 2.59. The zero-order chi connectivity index (χ0) is 12.1. The van der Waals surface area contributed by atoms with Crippen molar-refractivity contribution in [1.82, 2.24) is 5.32 Å². The highest BCUT2D eigenvalue weighted by molar-refractivity contribution is 7.80. The normalized spacial score (nSPS) is 11.9. The molecular weight excluding hydrogens is 221 g/mol. The van der Waals surface area contributed by atoms with Gasteiger partial charge in [0.25, 0.3) is 0 Å². The minimum absolute atomic E-state index is 0.394. The second-order valence-electron chi connectivity index (χ2n) is 3.59. The van der Waals surface area contributed by atoms with Gasteiger partial charge in [-0.2, -0.15) is 0 Å². The van der Waals surface area contributed by atoms with Gasteiger partial charge in [-0.1, -0.05) is 17.7 Å². The molecular formula is C11H12BNO2S. The number of carbonyl (C=O) groups is 2. The molecule has 1 unspecified atom stereocenters. The molecule has 0 spiro atoms. The van der Waals surface area contributed by atoms with Crippen molar-refractivity contribution in [2.24, 2.45) is 0 Å². The smallest absolute Gasteiger partial charge is 0.200 e. The van der Waals surface area contributed by atoms with Crippen molar-refractivity contribution in [3.8, 4) is 0 Å². The van der Waals surface area contributed by atoms with Gasteiger partial charge >= 0.3 is 0 Å². The van der Waals surface area contributed by atoms with Gasteiger partial charge in [0, 0.05) is 11.3 Å². The Kier molecular flexibility index (Phi) is 4.61. The van der Waals surface area contributed by atoms with E-state index in [-0.39, 0.29) is 0 Å². The largest absolute Gasteiger partial charge is 0.356 e. The first-order valence-corrected chi connectivity index (χ1v) is 5.27. The van der Waals surface area contributed by atoms with E-state index in [1.807, 2.05) is 25.1 Å². The Morgan fingerprint density at radius 3 is 2.81 bits per heavy atom. The predicted octanol–water partition coefficient (Wildman–Crippen LogP) is 1.27. The number of aryl methyl sites for hydroxylation is 1. The summed E-state index contributed by atoms with van der Waals surface area (Å²) in [5.41, 5.74) is 2.00. The van der Waals surface area contributed by atoms with Gasteiger partial charge < -0.3 is 10.1 Å². The van der Waals surface area contributed by atoms with E-state index in [0.717, 1.165) is 16.0 Å². The summed E-state index contributed by atoms with van der Waals surface area (Å²) < 4.78 is 0. The summed E-state index contributed by atoms with van der Waals surface area (Å²) in [5.74, 6) is -0.704. The monoisotopic (exact) mass is 233 g/mol. The van der Waals surface area contributed by atoms with Crippen LogP contribution in [0, 0.1) is 6.92 Å². The zero-order valence-electron chi connectivity index (χ0n) is 8.93. The topological polar surface area (TPSA) is 46.2 Å².